The molecule has 26 heavy (non-hydrogen) atoms. The number of guanidine groups is 1. The van der Waals surface area contributed by atoms with Crippen LogP contribution in [0.3, 0.4) is 0 Å². The summed E-state index contributed by atoms with van der Waals surface area (Å²) in [6.07, 6.45) is 4.62. The van der Waals surface area contributed by atoms with Gasteiger partial charge in [-0.05, 0) is 38.8 Å². The molecule has 0 aromatic carbocycles. The average molecular weight is 364 g/mol. The summed E-state index contributed by atoms with van der Waals surface area (Å²) in [6.45, 7) is 7.51. The SMILES string of the molecule is CC(C)N1CCC(NC(=NCC(=O)N(C)C)NCCc2ccco2)CC1. The number of aliphatic imine (C=N–C) groups is 1. The summed E-state index contributed by atoms with van der Waals surface area (Å²) in [5, 5.41) is 6.83. The monoisotopic (exact) mass is 363 g/mol. The number of hydrogen-bond acceptors (Lipinski definition) is 4. The highest BCUT2D eigenvalue weighted by atomic mass is 16.3. The van der Waals surface area contributed by atoms with Gasteiger partial charge in [0.25, 0.3) is 0 Å². The fourth-order valence-corrected chi connectivity index (χ4v) is 2.95. The number of amides is 1. The second-order valence-electron chi connectivity index (χ2n) is 7.26. The van der Waals surface area contributed by atoms with Crippen LogP contribution < -0.4 is 10.6 Å². The van der Waals surface area contributed by atoms with Crippen LogP contribution in [0, 0.1) is 0 Å². The molecule has 1 aromatic rings. The van der Waals surface area contributed by atoms with Gasteiger partial charge in [0.05, 0.1) is 6.26 Å². The lowest BCUT2D eigenvalue weighted by Gasteiger charge is -2.35. The molecule has 146 valence electrons. The van der Waals surface area contributed by atoms with E-state index in [0.29, 0.717) is 24.6 Å². The first-order chi connectivity index (χ1) is 12.5. The van der Waals surface area contributed by atoms with Crippen LogP contribution in [0.2, 0.25) is 0 Å². The molecule has 1 amide bonds. The average Bonchev–Trinajstić information content (AvgIpc) is 3.13. The first kappa shape index (κ1) is 20.3. The molecule has 1 aliphatic rings. The van der Waals surface area contributed by atoms with Crippen molar-refractivity contribution in [1.29, 1.82) is 0 Å². The van der Waals surface area contributed by atoms with Crippen molar-refractivity contribution in [3.05, 3.63) is 24.2 Å². The molecule has 0 spiro atoms. The number of likely N-dealkylation sites (N-methyl/N-ethyl adjacent to an activating group) is 1. The van der Waals surface area contributed by atoms with Gasteiger partial charge >= 0.3 is 0 Å². The van der Waals surface area contributed by atoms with Crippen LogP contribution in [0.15, 0.2) is 27.8 Å². The number of piperidine rings is 1. The van der Waals surface area contributed by atoms with Gasteiger partial charge in [-0.25, -0.2) is 4.99 Å². The van der Waals surface area contributed by atoms with Gasteiger partial charge in [0.15, 0.2) is 5.96 Å². The summed E-state index contributed by atoms with van der Waals surface area (Å²) < 4.78 is 5.36. The normalized spacial score (nSPS) is 16.7. The highest BCUT2D eigenvalue weighted by Crippen LogP contribution is 2.12. The summed E-state index contributed by atoms with van der Waals surface area (Å²) in [6, 6.07) is 4.83. The molecule has 1 saturated heterocycles. The number of carbonyl (C=O) groups excluding carboxylic acids is 1. The number of rotatable bonds is 7. The van der Waals surface area contributed by atoms with Crippen molar-refractivity contribution >= 4 is 11.9 Å². The van der Waals surface area contributed by atoms with Crippen molar-refractivity contribution in [1.82, 2.24) is 20.4 Å². The number of likely N-dealkylation sites (tertiary alicyclic amines) is 1. The van der Waals surface area contributed by atoms with Crippen molar-refractivity contribution in [3.63, 3.8) is 0 Å². The van der Waals surface area contributed by atoms with Gasteiger partial charge in [0.1, 0.15) is 12.3 Å². The van der Waals surface area contributed by atoms with Crippen LogP contribution in [0.1, 0.15) is 32.4 Å². The van der Waals surface area contributed by atoms with Crippen LogP contribution in [-0.2, 0) is 11.2 Å². The highest BCUT2D eigenvalue weighted by Gasteiger charge is 2.21. The molecule has 0 bridgehead atoms. The Morgan fingerprint density at radius 3 is 2.69 bits per heavy atom. The predicted octanol–water partition coefficient (Wildman–Crippen LogP) is 1.32. The van der Waals surface area contributed by atoms with E-state index in [1.54, 1.807) is 25.3 Å². The molecule has 1 aromatic heterocycles. The van der Waals surface area contributed by atoms with Crippen molar-refractivity contribution in [3.8, 4) is 0 Å². The second-order valence-corrected chi connectivity index (χ2v) is 7.26. The Labute approximate surface area is 156 Å². The second kappa shape index (κ2) is 10.2. The van der Waals surface area contributed by atoms with E-state index >= 15 is 0 Å². The number of carbonyl (C=O) groups is 1. The lowest BCUT2D eigenvalue weighted by molar-refractivity contribution is -0.127. The molecular formula is C19H33N5O2. The molecule has 0 radical (unpaired) electrons. The smallest absolute Gasteiger partial charge is 0.243 e. The van der Waals surface area contributed by atoms with E-state index in [1.165, 1.54) is 0 Å². The molecule has 1 aliphatic heterocycles. The molecule has 0 aliphatic carbocycles. The predicted molar refractivity (Wildman–Crippen MR) is 104 cm³/mol. The Bertz CT molecular complexity index is 560. The Balaban J connectivity index is 1.87. The van der Waals surface area contributed by atoms with Crippen molar-refractivity contribution in [2.75, 3.05) is 40.3 Å². The Morgan fingerprint density at radius 2 is 2.12 bits per heavy atom. The number of hydrogen-bond donors (Lipinski definition) is 2. The fraction of sp³-hybridized carbons (Fsp3) is 0.684. The van der Waals surface area contributed by atoms with Crippen LogP contribution in [0.4, 0.5) is 0 Å². The van der Waals surface area contributed by atoms with Gasteiger partial charge in [0.2, 0.25) is 5.91 Å². The van der Waals surface area contributed by atoms with E-state index in [0.717, 1.165) is 38.1 Å². The van der Waals surface area contributed by atoms with Crippen LogP contribution in [0.5, 0.6) is 0 Å². The fourth-order valence-electron chi connectivity index (χ4n) is 2.95. The van der Waals surface area contributed by atoms with Crippen LogP contribution in [0.25, 0.3) is 0 Å². The standard InChI is InChI=1S/C19H33N5O2/c1-15(2)24-11-8-16(9-12-24)22-19(21-14-18(25)23(3)4)20-10-7-17-6-5-13-26-17/h5-6,13,15-16H,7-12,14H2,1-4H3,(H2,20,21,22). The molecule has 2 heterocycles. The third-order valence-electron chi connectivity index (χ3n) is 4.72. The first-order valence-electron chi connectivity index (χ1n) is 9.47. The van der Waals surface area contributed by atoms with Crippen molar-refractivity contribution in [2.24, 2.45) is 4.99 Å². The molecule has 2 rings (SSSR count). The van der Waals surface area contributed by atoms with E-state index in [-0.39, 0.29) is 12.5 Å². The summed E-state index contributed by atoms with van der Waals surface area (Å²) >= 11 is 0. The maximum absolute atomic E-state index is 11.9. The molecule has 1 fully saturated rings. The largest absolute Gasteiger partial charge is 0.469 e. The minimum atomic E-state index is -0.00763. The maximum Gasteiger partial charge on any atom is 0.243 e. The third-order valence-corrected chi connectivity index (χ3v) is 4.72. The van der Waals surface area contributed by atoms with Crippen molar-refractivity contribution < 1.29 is 9.21 Å². The highest BCUT2D eigenvalue weighted by molar-refractivity contribution is 5.84. The number of nitrogens with one attached hydrogen (secondary N) is 2. The van der Waals surface area contributed by atoms with Crippen molar-refractivity contribution in [2.45, 2.75) is 45.2 Å². The van der Waals surface area contributed by atoms with Crippen LogP contribution >= 0.6 is 0 Å². The molecule has 7 nitrogen and oxygen atoms in total. The topological polar surface area (TPSA) is 73.1 Å². The van der Waals surface area contributed by atoms with Gasteiger partial charge in [-0.1, -0.05) is 0 Å². The first-order valence-corrected chi connectivity index (χ1v) is 9.47. The van der Waals surface area contributed by atoms with E-state index in [2.05, 4.69) is 34.4 Å². The number of nitrogens with zero attached hydrogens (tertiary/aromatic N) is 3. The van der Waals surface area contributed by atoms with E-state index in [1.807, 2.05) is 12.1 Å². The summed E-state index contributed by atoms with van der Waals surface area (Å²) in [7, 11) is 3.49. The maximum atomic E-state index is 11.9. The zero-order chi connectivity index (χ0) is 18.9. The zero-order valence-electron chi connectivity index (χ0n) is 16.5. The molecule has 7 heteroatoms. The van der Waals surface area contributed by atoms with E-state index in [9.17, 15) is 4.79 Å². The van der Waals surface area contributed by atoms with Gasteiger partial charge in [-0.15, -0.1) is 0 Å². The Morgan fingerprint density at radius 1 is 1.38 bits per heavy atom. The summed E-state index contributed by atoms with van der Waals surface area (Å²) in [5.74, 6) is 1.63. The summed E-state index contributed by atoms with van der Waals surface area (Å²) in [5.41, 5.74) is 0. The molecule has 2 N–H and O–H groups in total. The lowest BCUT2D eigenvalue weighted by atomic mass is 10.0. The van der Waals surface area contributed by atoms with Gasteiger partial charge in [-0.3, -0.25) is 4.79 Å². The van der Waals surface area contributed by atoms with Gasteiger partial charge in [-0.2, -0.15) is 0 Å². The molecular weight excluding hydrogens is 330 g/mol. The molecule has 0 unspecified atom stereocenters. The Kier molecular flexibility index (Phi) is 7.97. The van der Waals surface area contributed by atoms with E-state index < -0.39 is 0 Å². The molecule has 0 saturated carbocycles. The third kappa shape index (κ3) is 6.71. The van der Waals surface area contributed by atoms with E-state index in [4.69, 9.17) is 4.42 Å². The minimum absolute atomic E-state index is 0.00763. The lowest BCUT2D eigenvalue weighted by Crippen LogP contribution is -2.50. The zero-order valence-corrected chi connectivity index (χ0v) is 16.5. The minimum Gasteiger partial charge on any atom is -0.469 e. The summed E-state index contributed by atoms with van der Waals surface area (Å²) in [4.78, 5) is 20.4. The number of furan rings is 1. The Hall–Kier alpha value is -2.02. The molecule has 0 atom stereocenters. The van der Waals surface area contributed by atoms with Gasteiger partial charge in [0, 0.05) is 52.2 Å². The van der Waals surface area contributed by atoms with Gasteiger partial charge < -0.3 is 24.9 Å². The van der Waals surface area contributed by atoms with Crippen LogP contribution in [-0.4, -0.2) is 74.0 Å². The quantitative estimate of drug-likeness (QED) is 0.565.